The summed E-state index contributed by atoms with van der Waals surface area (Å²) in [6, 6.07) is 7.51. The van der Waals surface area contributed by atoms with E-state index < -0.39 is 0 Å². The predicted octanol–water partition coefficient (Wildman–Crippen LogP) is 5.12. The van der Waals surface area contributed by atoms with Gasteiger partial charge in [-0.1, -0.05) is 23.7 Å². The molecule has 1 aliphatic rings. The first kappa shape index (κ1) is 17.2. The molecule has 0 atom stereocenters. The van der Waals surface area contributed by atoms with E-state index in [9.17, 15) is 4.79 Å². The maximum Gasteiger partial charge on any atom is 0.267 e. The number of amidine groups is 1. The van der Waals surface area contributed by atoms with E-state index in [2.05, 4.69) is 9.98 Å². The molecular formula is C17H16ClN3OS2. The van der Waals surface area contributed by atoms with Gasteiger partial charge in [-0.25, -0.2) is 4.98 Å². The summed E-state index contributed by atoms with van der Waals surface area (Å²) < 4.78 is 0. The number of likely N-dealkylation sites (N-methyl/N-ethyl adjacent to an activating group) is 1. The Morgan fingerprint density at radius 2 is 2.04 bits per heavy atom. The number of thiazole rings is 1. The number of allylic oxidation sites excluding steroid dienone is 1. The molecule has 2 aromatic rings. The highest BCUT2D eigenvalue weighted by Crippen LogP contribution is 2.38. The zero-order valence-electron chi connectivity index (χ0n) is 13.5. The molecule has 0 saturated carbocycles. The fourth-order valence-corrected chi connectivity index (χ4v) is 4.26. The van der Waals surface area contributed by atoms with Gasteiger partial charge >= 0.3 is 0 Å². The van der Waals surface area contributed by atoms with Gasteiger partial charge in [0.05, 0.1) is 10.6 Å². The number of carbonyl (C=O) groups excluding carboxylic acids is 1. The van der Waals surface area contributed by atoms with E-state index in [1.807, 2.05) is 50.4 Å². The zero-order valence-corrected chi connectivity index (χ0v) is 15.9. The van der Waals surface area contributed by atoms with Crippen molar-refractivity contribution in [3.63, 3.8) is 0 Å². The van der Waals surface area contributed by atoms with Crippen molar-refractivity contribution in [2.75, 3.05) is 6.54 Å². The van der Waals surface area contributed by atoms with Crippen LogP contribution in [0.2, 0.25) is 5.02 Å². The minimum Gasteiger partial charge on any atom is -0.287 e. The molecule has 7 heteroatoms. The summed E-state index contributed by atoms with van der Waals surface area (Å²) >= 11 is 8.82. The molecule has 1 aromatic heterocycles. The average Bonchev–Trinajstić information content (AvgIpc) is 3.11. The summed E-state index contributed by atoms with van der Waals surface area (Å²) in [7, 11) is 0. The van der Waals surface area contributed by atoms with Crippen molar-refractivity contribution in [2.24, 2.45) is 4.99 Å². The fraction of sp³-hybridized carbons (Fsp3) is 0.235. The van der Waals surface area contributed by atoms with Gasteiger partial charge in [-0.3, -0.25) is 9.69 Å². The van der Waals surface area contributed by atoms with Crippen LogP contribution in [0.3, 0.4) is 0 Å². The van der Waals surface area contributed by atoms with Gasteiger partial charge < -0.3 is 0 Å². The first-order valence-electron chi connectivity index (χ1n) is 7.47. The lowest BCUT2D eigenvalue weighted by Crippen LogP contribution is -2.28. The van der Waals surface area contributed by atoms with Crippen LogP contribution in [0.1, 0.15) is 25.1 Å². The molecule has 0 bridgehead atoms. The number of carbonyl (C=O) groups is 1. The van der Waals surface area contributed by atoms with Crippen LogP contribution in [0.25, 0.3) is 5.57 Å². The summed E-state index contributed by atoms with van der Waals surface area (Å²) in [5, 5.41) is 3.98. The van der Waals surface area contributed by atoms with Gasteiger partial charge in [-0.2, -0.15) is 4.99 Å². The quantitative estimate of drug-likeness (QED) is 0.697. The lowest BCUT2D eigenvalue weighted by molar-refractivity contribution is -0.122. The zero-order chi connectivity index (χ0) is 17.3. The number of aromatic nitrogens is 1. The third-order valence-corrected chi connectivity index (χ3v) is 5.88. The van der Waals surface area contributed by atoms with Crippen LogP contribution >= 0.6 is 34.7 Å². The number of thioether (sulfide) groups is 1. The molecule has 3 rings (SSSR count). The number of benzene rings is 1. The van der Waals surface area contributed by atoms with Gasteiger partial charge in [0.2, 0.25) is 5.13 Å². The predicted molar refractivity (Wildman–Crippen MR) is 103 cm³/mol. The lowest BCUT2D eigenvalue weighted by atomic mass is 10.1. The molecule has 0 aliphatic carbocycles. The largest absolute Gasteiger partial charge is 0.287 e. The van der Waals surface area contributed by atoms with Crippen molar-refractivity contribution in [2.45, 2.75) is 20.8 Å². The van der Waals surface area contributed by atoms with Gasteiger partial charge in [-0.05, 0) is 55.8 Å². The lowest BCUT2D eigenvalue weighted by Gasteiger charge is -2.11. The first-order chi connectivity index (χ1) is 11.5. The number of rotatable bonds is 3. The fourth-order valence-electron chi connectivity index (χ4n) is 2.30. The molecule has 124 valence electrons. The number of hydrogen-bond donors (Lipinski definition) is 0. The molecule has 0 spiro atoms. The van der Waals surface area contributed by atoms with Crippen LogP contribution < -0.4 is 0 Å². The highest BCUT2D eigenvalue weighted by atomic mass is 35.5. The van der Waals surface area contributed by atoms with E-state index in [1.165, 1.54) is 23.1 Å². The SMILES string of the molecule is CCN1C(=O)/C(=C(\C)c2ccc(Cl)cc2)S/C1=N/c1nc(C)cs1. The van der Waals surface area contributed by atoms with Crippen molar-refractivity contribution in [3.05, 3.63) is 50.8 Å². The van der Waals surface area contributed by atoms with Crippen molar-refractivity contribution in [1.29, 1.82) is 0 Å². The highest BCUT2D eigenvalue weighted by molar-refractivity contribution is 8.18. The Labute approximate surface area is 154 Å². The average molecular weight is 378 g/mol. The van der Waals surface area contributed by atoms with Gasteiger partial charge in [0, 0.05) is 16.9 Å². The van der Waals surface area contributed by atoms with E-state index in [-0.39, 0.29) is 5.91 Å². The molecule has 1 amide bonds. The molecular weight excluding hydrogens is 362 g/mol. The smallest absolute Gasteiger partial charge is 0.267 e. The monoisotopic (exact) mass is 377 g/mol. The number of aryl methyl sites for hydroxylation is 1. The first-order valence-corrected chi connectivity index (χ1v) is 9.54. The van der Waals surface area contributed by atoms with Crippen molar-refractivity contribution in [1.82, 2.24) is 9.88 Å². The van der Waals surface area contributed by atoms with Crippen LogP contribution in [0.5, 0.6) is 0 Å². The molecule has 4 nitrogen and oxygen atoms in total. The standard InChI is InChI=1S/C17H16ClN3OS2/c1-4-21-15(22)14(11(3)12-5-7-13(18)8-6-12)24-17(21)20-16-19-10(2)9-23-16/h5-9H,4H2,1-3H3/b14-11-,20-17+. The van der Waals surface area contributed by atoms with E-state index in [0.29, 0.717) is 26.8 Å². The second-order valence-corrected chi connectivity index (χ2v) is 7.53. The van der Waals surface area contributed by atoms with Crippen molar-refractivity contribution < 1.29 is 4.79 Å². The van der Waals surface area contributed by atoms with Gasteiger partial charge in [0.25, 0.3) is 5.91 Å². The van der Waals surface area contributed by atoms with Crippen LogP contribution in [0, 0.1) is 6.92 Å². The van der Waals surface area contributed by atoms with E-state index in [4.69, 9.17) is 11.6 Å². The molecule has 1 aliphatic heterocycles. The number of halogens is 1. The maximum atomic E-state index is 12.7. The van der Waals surface area contributed by atoms with Crippen LogP contribution in [-0.4, -0.2) is 27.5 Å². The second kappa shape index (κ2) is 7.09. The van der Waals surface area contributed by atoms with Crippen LogP contribution in [-0.2, 0) is 4.79 Å². The molecule has 0 unspecified atom stereocenters. The van der Waals surface area contributed by atoms with E-state index in [0.717, 1.165) is 16.8 Å². The van der Waals surface area contributed by atoms with Gasteiger partial charge in [0.15, 0.2) is 5.17 Å². The Balaban J connectivity index is 1.98. The molecule has 2 heterocycles. The Kier molecular flexibility index (Phi) is 5.08. The van der Waals surface area contributed by atoms with Gasteiger partial charge in [0.1, 0.15) is 0 Å². The number of aliphatic imine (C=N–C) groups is 1. The summed E-state index contributed by atoms with van der Waals surface area (Å²) in [5.41, 5.74) is 2.85. The van der Waals surface area contributed by atoms with Gasteiger partial charge in [-0.15, -0.1) is 11.3 Å². The van der Waals surface area contributed by atoms with Crippen LogP contribution in [0.4, 0.5) is 5.13 Å². The Morgan fingerprint density at radius 1 is 1.33 bits per heavy atom. The summed E-state index contributed by atoms with van der Waals surface area (Å²) in [6.07, 6.45) is 0. The minimum atomic E-state index is -0.0121. The summed E-state index contributed by atoms with van der Waals surface area (Å²) in [6.45, 7) is 6.41. The highest BCUT2D eigenvalue weighted by Gasteiger charge is 2.34. The minimum absolute atomic E-state index is 0.0121. The van der Waals surface area contributed by atoms with Crippen molar-refractivity contribution in [3.8, 4) is 0 Å². The Bertz CT molecular complexity index is 840. The number of nitrogens with zero attached hydrogens (tertiary/aromatic N) is 3. The summed E-state index contributed by atoms with van der Waals surface area (Å²) in [5.74, 6) is -0.0121. The van der Waals surface area contributed by atoms with E-state index in [1.54, 1.807) is 4.90 Å². The van der Waals surface area contributed by atoms with Crippen LogP contribution in [0.15, 0.2) is 39.5 Å². The molecule has 0 radical (unpaired) electrons. The number of hydrogen-bond acceptors (Lipinski definition) is 5. The Morgan fingerprint density at radius 3 is 2.62 bits per heavy atom. The molecule has 1 fully saturated rings. The Hall–Kier alpha value is -1.63. The third-order valence-electron chi connectivity index (χ3n) is 3.60. The maximum absolute atomic E-state index is 12.7. The third kappa shape index (κ3) is 3.41. The normalized spacial score (nSPS) is 18.6. The van der Waals surface area contributed by atoms with E-state index >= 15 is 0 Å². The molecule has 0 N–H and O–H groups in total. The summed E-state index contributed by atoms with van der Waals surface area (Å²) in [4.78, 5) is 24.1. The number of amides is 1. The second-order valence-electron chi connectivity index (χ2n) is 5.28. The topological polar surface area (TPSA) is 45.6 Å². The molecule has 24 heavy (non-hydrogen) atoms. The molecule has 1 aromatic carbocycles. The molecule has 1 saturated heterocycles. The van der Waals surface area contributed by atoms with Crippen molar-refractivity contribution >= 4 is 56.5 Å².